The van der Waals surface area contributed by atoms with E-state index in [-0.39, 0.29) is 0 Å². The molecule has 2 aliphatic heterocycles. The first-order valence-electron chi connectivity index (χ1n) is 6.84. The summed E-state index contributed by atoms with van der Waals surface area (Å²) in [6, 6.07) is 11.5. The van der Waals surface area contributed by atoms with Crippen LogP contribution in [0.2, 0.25) is 0 Å². The van der Waals surface area contributed by atoms with Gasteiger partial charge in [0.15, 0.2) is 0 Å². The third-order valence-corrected chi connectivity index (χ3v) is 4.14. The Morgan fingerprint density at radius 3 is 3.06 bits per heavy atom. The molecule has 1 N–H and O–H groups in total. The van der Waals surface area contributed by atoms with Gasteiger partial charge in [-0.05, 0) is 41.8 Å². The highest BCUT2D eigenvalue weighted by molar-refractivity contribution is 5.89. The molecule has 2 heterocycles. The number of hydrogen-bond acceptors (Lipinski definition) is 2. The van der Waals surface area contributed by atoms with E-state index in [2.05, 4.69) is 35.6 Å². The number of nitrogens with one attached hydrogen (secondary N) is 1. The van der Waals surface area contributed by atoms with Gasteiger partial charge in [0.05, 0.1) is 6.61 Å². The van der Waals surface area contributed by atoms with Crippen LogP contribution in [-0.2, 0) is 6.42 Å². The maximum Gasteiger partial charge on any atom is 0.128 e. The van der Waals surface area contributed by atoms with Crippen molar-refractivity contribution in [3.8, 4) is 5.75 Å². The molecule has 2 aromatic rings. The molecule has 0 spiro atoms. The third-order valence-electron chi connectivity index (χ3n) is 4.14. The number of benzene rings is 2. The lowest BCUT2D eigenvalue weighted by Crippen LogP contribution is -2.14. The second-order valence-electron chi connectivity index (χ2n) is 5.25. The maximum absolute atomic E-state index is 5.91. The predicted octanol–water partition coefficient (Wildman–Crippen LogP) is 3.20. The van der Waals surface area contributed by atoms with Gasteiger partial charge in [-0.1, -0.05) is 24.3 Å². The molecule has 18 heavy (non-hydrogen) atoms. The lowest BCUT2D eigenvalue weighted by atomic mass is 9.93. The van der Waals surface area contributed by atoms with E-state index in [1.54, 1.807) is 0 Å². The minimum Gasteiger partial charge on any atom is -0.493 e. The Hall–Kier alpha value is -1.54. The zero-order valence-electron chi connectivity index (χ0n) is 10.4. The smallest absolute Gasteiger partial charge is 0.128 e. The zero-order chi connectivity index (χ0) is 11.9. The molecule has 2 aromatic carbocycles. The molecule has 0 aliphatic carbocycles. The summed E-state index contributed by atoms with van der Waals surface area (Å²) in [6.07, 6.45) is 3.55. The van der Waals surface area contributed by atoms with Crippen molar-refractivity contribution in [2.45, 2.75) is 25.3 Å². The quantitative estimate of drug-likeness (QED) is 0.825. The van der Waals surface area contributed by atoms with Crippen LogP contribution in [-0.4, -0.2) is 13.2 Å². The van der Waals surface area contributed by atoms with Crippen molar-refractivity contribution in [1.29, 1.82) is 0 Å². The summed E-state index contributed by atoms with van der Waals surface area (Å²) in [5.74, 6) is 1.16. The fraction of sp³-hybridized carbons (Fsp3) is 0.375. The third kappa shape index (κ3) is 1.45. The average molecular weight is 239 g/mol. The van der Waals surface area contributed by atoms with Crippen molar-refractivity contribution in [2.75, 3.05) is 13.2 Å². The summed E-state index contributed by atoms with van der Waals surface area (Å²) in [5.41, 5.74) is 2.79. The van der Waals surface area contributed by atoms with Crippen molar-refractivity contribution >= 4 is 10.8 Å². The molecule has 2 nitrogen and oxygen atoms in total. The van der Waals surface area contributed by atoms with Crippen LogP contribution in [0, 0.1) is 0 Å². The van der Waals surface area contributed by atoms with E-state index < -0.39 is 0 Å². The van der Waals surface area contributed by atoms with Gasteiger partial charge in [0.25, 0.3) is 0 Å². The Balaban J connectivity index is 2.02. The number of ether oxygens (including phenoxy) is 1. The maximum atomic E-state index is 5.91. The van der Waals surface area contributed by atoms with Gasteiger partial charge in [0.1, 0.15) is 5.75 Å². The van der Waals surface area contributed by atoms with Crippen LogP contribution >= 0.6 is 0 Å². The summed E-state index contributed by atoms with van der Waals surface area (Å²) in [4.78, 5) is 0. The van der Waals surface area contributed by atoms with Crippen molar-refractivity contribution in [2.24, 2.45) is 0 Å². The van der Waals surface area contributed by atoms with Crippen molar-refractivity contribution in [3.63, 3.8) is 0 Å². The van der Waals surface area contributed by atoms with E-state index in [0.29, 0.717) is 6.04 Å². The molecule has 1 atom stereocenters. The summed E-state index contributed by atoms with van der Waals surface area (Å²) in [7, 11) is 0. The first kappa shape index (κ1) is 10.4. The molecule has 1 saturated heterocycles. The molecule has 4 rings (SSSR count). The van der Waals surface area contributed by atoms with E-state index in [9.17, 15) is 0 Å². The molecule has 2 heteroatoms. The number of fused-ring (bicyclic) bond motifs is 2. The van der Waals surface area contributed by atoms with Crippen LogP contribution < -0.4 is 10.1 Å². The van der Waals surface area contributed by atoms with Gasteiger partial charge >= 0.3 is 0 Å². The van der Waals surface area contributed by atoms with Crippen LogP contribution in [0.25, 0.3) is 10.8 Å². The van der Waals surface area contributed by atoms with Gasteiger partial charge < -0.3 is 10.1 Å². The van der Waals surface area contributed by atoms with Crippen LogP contribution in [0.15, 0.2) is 30.3 Å². The Labute approximate surface area is 107 Å². The molecule has 2 aliphatic rings. The van der Waals surface area contributed by atoms with E-state index in [4.69, 9.17) is 4.74 Å². The van der Waals surface area contributed by atoms with Gasteiger partial charge in [-0.25, -0.2) is 0 Å². The average Bonchev–Trinajstić information content (AvgIpc) is 3.06. The molecule has 0 amide bonds. The first-order chi connectivity index (χ1) is 8.93. The monoisotopic (exact) mass is 239 g/mol. The molecule has 0 aromatic heterocycles. The van der Waals surface area contributed by atoms with Crippen molar-refractivity contribution in [1.82, 2.24) is 5.32 Å². The molecule has 92 valence electrons. The Kier molecular flexibility index (Phi) is 2.30. The Morgan fingerprint density at radius 1 is 1.22 bits per heavy atom. The summed E-state index contributed by atoms with van der Waals surface area (Å²) < 4.78 is 5.91. The van der Waals surface area contributed by atoms with Crippen molar-refractivity contribution in [3.05, 3.63) is 41.5 Å². The topological polar surface area (TPSA) is 21.3 Å². The van der Waals surface area contributed by atoms with E-state index >= 15 is 0 Å². The van der Waals surface area contributed by atoms with Gasteiger partial charge in [0, 0.05) is 18.0 Å². The van der Waals surface area contributed by atoms with Gasteiger partial charge in [0.2, 0.25) is 0 Å². The van der Waals surface area contributed by atoms with Gasteiger partial charge in [-0.15, -0.1) is 0 Å². The minimum absolute atomic E-state index is 0.475. The molecule has 1 fully saturated rings. The normalized spacial score (nSPS) is 22.1. The van der Waals surface area contributed by atoms with Crippen molar-refractivity contribution < 1.29 is 4.74 Å². The highest BCUT2D eigenvalue weighted by Gasteiger charge is 2.26. The zero-order valence-corrected chi connectivity index (χ0v) is 10.4. The highest BCUT2D eigenvalue weighted by atomic mass is 16.5. The van der Waals surface area contributed by atoms with Gasteiger partial charge in [-0.3, -0.25) is 0 Å². The number of rotatable bonds is 1. The van der Waals surface area contributed by atoms with E-state index in [1.165, 1.54) is 34.7 Å². The molecule has 0 unspecified atom stereocenters. The number of hydrogen-bond donors (Lipinski definition) is 1. The lowest BCUT2D eigenvalue weighted by Gasteiger charge is -2.18. The predicted molar refractivity (Wildman–Crippen MR) is 73.1 cm³/mol. The molecule has 0 radical (unpaired) electrons. The SMILES string of the molecule is c1ccc2c([C@H]3CCCN3)c3c(cc2c1)CCO3. The molecular formula is C16H17NO. The van der Waals surface area contributed by atoms with E-state index in [1.807, 2.05) is 0 Å². The van der Waals surface area contributed by atoms with Gasteiger partial charge in [-0.2, -0.15) is 0 Å². The van der Waals surface area contributed by atoms with Crippen LogP contribution in [0.1, 0.15) is 30.0 Å². The lowest BCUT2D eigenvalue weighted by molar-refractivity contribution is 0.350. The molecular weight excluding hydrogens is 222 g/mol. The fourth-order valence-corrected chi connectivity index (χ4v) is 3.31. The molecule has 0 bridgehead atoms. The minimum atomic E-state index is 0.475. The Morgan fingerprint density at radius 2 is 2.17 bits per heavy atom. The molecule has 0 saturated carbocycles. The summed E-state index contributed by atoms with van der Waals surface area (Å²) in [6.45, 7) is 1.97. The highest BCUT2D eigenvalue weighted by Crippen LogP contribution is 2.41. The van der Waals surface area contributed by atoms with Crippen LogP contribution in [0.4, 0.5) is 0 Å². The fourth-order valence-electron chi connectivity index (χ4n) is 3.31. The largest absolute Gasteiger partial charge is 0.493 e. The first-order valence-corrected chi connectivity index (χ1v) is 6.84. The second kappa shape index (κ2) is 3.99. The standard InChI is InChI=1S/C16H17NO/c1-2-5-13-11(4-1)10-12-7-9-18-16(12)15(13)14-6-3-8-17-14/h1-2,4-5,10,14,17H,3,6-9H2/t14-/m1/s1. The summed E-state index contributed by atoms with van der Waals surface area (Å²) >= 11 is 0. The van der Waals surface area contributed by atoms with Crippen LogP contribution in [0.5, 0.6) is 5.75 Å². The Bertz CT molecular complexity index is 599. The van der Waals surface area contributed by atoms with Crippen LogP contribution in [0.3, 0.4) is 0 Å². The summed E-state index contributed by atoms with van der Waals surface area (Å²) in [5, 5.41) is 6.33. The second-order valence-corrected chi connectivity index (χ2v) is 5.25. The van der Waals surface area contributed by atoms with E-state index in [0.717, 1.165) is 25.3 Å².